The Hall–Kier alpha value is -1.65. The molecule has 2 rings (SSSR count). The maximum Gasteiger partial charge on any atom is 0.221 e. The number of unbranched alkanes of at least 4 members (excludes halogenated alkanes) is 1. The Kier molecular flexibility index (Phi) is 7.30. The van der Waals surface area contributed by atoms with Crippen LogP contribution in [0.25, 0.3) is 10.8 Å². The second-order valence-corrected chi connectivity index (χ2v) is 5.79. The van der Waals surface area contributed by atoms with Crippen LogP contribution in [0.3, 0.4) is 0 Å². The van der Waals surface area contributed by atoms with Crippen LogP contribution >= 0.6 is 0 Å². The third-order valence-corrected chi connectivity index (χ3v) is 3.77. The monoisotopic (exact) mass is 316 g/mol. The van der Waals surface area contributed by atoms with Crippen LogP contribution in [-0.4, -0.2) is 43.4 Å². The van der Waals surface area contributed by atoms with Crippen LogP contribution in [0.1, 0.15) is 32.4 Å². The van der Waals surface area contributed by atoms with E-state index in [9.17, 15) is 0 Å². The molecule has 1 aromatic carbocycles. The summed E-state index contributed by atoms with van der Waals surface area (Å²) in [6.45, 7) is 6.99. The molecule has 0 bridgehead atoms. The molecule has 0 unspecified atom stereocenters. The highest BCUT2D eigenvalue weighted by atomic mass is 16.5. The van der Waals surface area contributed by atoms with E-state index in [0.29, 0.717) is 13.3 Å². The Morgan fingerprint density at radius 2 is 2.00 bits per heavy atom. The zero-order chi connectivity index (χ0) is 16.5. The first kappa shape index (κ1) is 17.7. The molecule has 0 spiro atoms. The van der Waals surface area contributed by atoms with Gasteiger partial charge in [-0.15, -0.1) is 0 Å². The quantitative estimate of drug-likeness (QED) is 0.623. The molecule has 0 aliphatic rings. The molecule has 0 fully saturated rings. The summed E-state index contributed by atoms with van der Waals surface area (Å²) in [4.78, 5) is 6.83. The number of hydrogen-bond donors (Lipinski definition) is 0. The van der Waals surface area contributed by atoms with Crippen LogP contribution in [0.2, 0.25) is 0 Å². The number of aromatic nitrogens is 1. The predicted octanol–water partition coefficient (Wildman–Crippen LogP) is 3.88. The van der Waals surface area contributed by atoms with Crippen LogP contribution < -0.4 is 4.74 Å². The van der Waals surface area contributed by atoms with Gasteiger partial charge in [0, 0.05) is 24.2 Å². The van der Waals surface area contributed by atoms with E-state index in [4.69, 9.17) is 14.5 Å². The second-order valence-electron chi connectivity index (χ2n) is 5.79. The number of aryl methyl sites for hydroxylation is 1. The van der Waals surface area contributed by atoms with E-state index in [0.717, 1.165) is 43.0 Å². The average molecular weight is 316 g/mol. The number of benzene rings is 1. The van der Waals surface area contributed by atoms with Crippen molar-refractivity contribution in [2.45, 2.75) is 33.1 Å². The van der Waals surface area contributed by atoms with E-state index in [1.807, 2.05) is 20.0 Å². The van der Waals surface area contributed by atoms with Crippen molar-refractivity contribution < 1.29 is 9.47 Å². The van der Waals surface area contributed by atoms with Crippen LogP contribution in [0.15, 0.2) is 30.3 Å². The summed E-state index contributed by atoms with van der Waals surface area (Å²) < 4.78 is 11.4. The van der Waals surface area contributed by atoms with Gasteiger partial charge in [-0.1, -0.05) is 31.5 Å². The van der Waals surface area contributed by atoms with Gasteiger partial charge in [0.1, 0.15) is 6.61 Å². The minimum absolute atomic E-state index is 0.609. The zero-order valence-corrected chi connectivity index (χ0v) is 14.5. The summed E-state index contributed by atoms with van der Waals surface area (Å²) in [5, 5.41) is 2.28. The maximum atomic E-state index is 5.98. The molecule has 0 aliphatic carbocycles. The summed E-state index contributed by atoms with van der Waals surface area (Å²) in [6, 6.07) is 10.5. The molecular formula is C19H28N2O2. The summed E-state index contributed by atoms with van der Waals surface area (Å²) in [6.07, 6.45) is 3.33. The SMILES string of the molecule is CCCCc1cc2ccccc2c(OCCN(C)COCC)n1. The van der Waals surface area contributed by atoms with Gasteiger partial charge in [0.2, 0.25) is 5.88 Å². The first-order valence-electron chi connectivity index (χ1n) is 8.52. The first-order valence-corrected chi connectivity index (χ1v) is 8.52. The van der Waals surface area contributed by atoms with Crippen LogP contribution in [-0.2, 0) is 11.2 Å². The third kappa shape index (κ3) is 5.48. The van der Waals surface area contributed by atoms with Crippen LogP contribution in [0, 0.1) is 0 Å². The standard InChI is InChI=1S/C19H28N2O2/c1-4-6-10-17-14-16-9-7-8-11-18(16)19(20-17)23-13-12-21(3)15-22-5-2/h7-9,11,14H,4-6,10,12-13,15H2,1-3H3. The predicted molar refractivity (Wildman–Crippen MR) is 95.0 cm³/mol. The highest BCUT2D eigenvalue weighted by Crippen LogP contribution is 2.25. The van der Waals surface area contributed by atoms with Gasteiger partial charge in [0.25, 0.3) is 0 Å². The molecule has 4 nitrogen and oxygen atoms in total. The molecule has 0 saturated heterocycles. The minimum atomic E-state index is 0.609. The van der Waals surface area contributed by atoms with Gasteiger partial charge < -0.3 is 9.47 Å². The molecule has 1 heterocycles. The molecule has 1 aromatic heterocycles. The number of rotatable bonds is 10. The Morgan fingerprint density at radius 3 is 2.78 bits per heavy atom. The van der Waals surface area contributed by atoms with E-state index in [2.05, 4.69) is 36.1 Å². The molecular weight excluding hydrogens is 288 g/mol. The van der Waals surface area contributed by atoms with E-state index < -0.39 is 0 Å². The number of likely N-dealkylation sites (N-methyl/N-ethyl adjacent to an activating group) is 1. The topological polar surface area (TPSA) is 34.6 Å². The summed E-state index contributed by atoms with van der Waals surface area (Å²) in [7, 11) is 2.03. The molecule has 0 saturated carbocycles. The highest BCUT2D eigenvalue weighted by molar-refractivity contribution is 5.87. The molecule has 0 amide bonds. The van der Waals surface area contributed by atoms with Crippen molar-refractivity contribution in [1.82, 2.24) is 9.88 Å². The first-order chi connectivity index (χ1) is 11.2. The molecule has 0 N–H and O–H groups in total. The molecule has 23 heavy (non-hydrogen) atoms. The maximum absolute atomic E-state index is 5.98. The van der Waals surface area contributed by atoms with Crippen molar-refractivity contribution in [2.24, 2.45) is 0 Å². The molecule has 0 aliphatic heterocycles. The Morgan fingerprint density at radius 1 is 1.17 bits per heavy atom. The molecule has 4 heteroatoms. The van der Waals surface area contributed by atoms with Crippen molar-refractivity contribution in [3.8, 4) is 5.88 Å². The fourth-order valence-electron chi connectivity index (χ4n) is 2.43. The number of pyridine rings is 1. The zero-order valence-electron chi connectivity index (χ0n) is 14.5. The minimum Gasteiger partial charge on any atom is -0.476 e. The molecule has 0 atom stereocenters. The molecule has 2 aromatic rings. The summed E-state index contributed by atoms with van der Waals surface area (Å²) >= 11 is 0. The lowest BCUT2D eigenvalue weighted by atomic mass is 10.1. The number of hydrogen-bond acceptors (Lipinski definition) is 4. The van der Waals surface area contributed by atoms with E-state index in [1.54, 1.807) is 0 Å². The Balaban J connectivity index is 2.05. The number of fused-ring (bicyclic) bond motifs is 1. The van der Waals surface area contributed by atoms with Gasteiger partial charge in [-0.3, -0.25) is 4.90 Å². The van der Waals surface area contributed by atoms with Crippen molar-refractivity contribution in [1.29, 1.82) is 0 Å². The lowest BCUT2D eigenvalue weighted by Crippen LogP contribution is -2.27. The number of ether oxygens (including phenoxy) is 2. The molecule has 126 valence electrons. The second kappa shape index (κ2) is 9.48. The smallest absolute Gasteiger partial charge is 0.221 e. The lowest BCUT2D eigenvalue weighted by Gasteiger charge is -2.17. The van der Waals surface area contributed by atoms with E-state index in [1.165, 1.54) is 11.8 Å². The summed E-state index contributed by atoms with van der Waals surface area (Å²) in [5.41, 5.74) is 1.11. The van der Waals surface area contributed by atoms with Gasteiger partial charge in [0.05, 0.1) is 6.73 Å². The molecule has 0 radical (unpaired) electrons. The van der Waals surface area contributed by atoms with Crippen molar-refractivity contribution in [3.05, 3.63) is 36.0 Å². The van der Waals surface area contributed by atoms with Gasteiger partial charge in [0.15, 0.2) is 0 Å². The summed E-state index contributed by atoms with van der Waals surface area (Å²) in [5.74, 6) is 0.749. The fourth-order valence-corrected chi connectivity index (χ4v) is 2.43. The van der Waals surface area contributed by atoms with Crippen molar-refractivity contribution in [3.63, 3.8) is 0 Å². The largest absolute Gasteiger partial charge is 0.476 e. The van der Waals surface area contributed by atoms with Crippen LogP contribution in [0.5, 0.6) is 5.88 Å². The van der Waals surface area contributed by atoms with Gasteiger partial charge in [-0.2, -0.15) is 0 Å². The average Bonchev–Trinajstić information content (AvgIpc) is 2.58. The normalized spacial score (nSPS) is 11.3. The third-order valence-electron chi connectivity index (χ3n) is 3.77. The number of nitrogens with zero attached hydrogens (tertiary/aromatic N) is 2. The van der Waals surface area contributed by atoms with Gasteiger partial charge in [-0.05, 0) is 44.3 Å². The van der Waals surface area contributed by atoms with E-state index in [-0.39, 0.29) is 0 Å². The van der Waals surface area contributed by atoms with Crippen molar-refractivity contribution in [2.75, 3.05) is 33.5 Å². The lowest BCUT2D eigenvalue weighted by molar-refractivity contribution is 0.0438. The van der Waals surface area contributed by atoms with Crippen molar-refractivity contribution >= 4 is 10.8 Å². The Labute approximate surface area is 139 Å². The van der Waals surface area contributed by atoms with Gasteiger partial charge in [-0.25, -0.2) is 4.98 Å². The van der Waals surface area contributed by atoms with Gasteiger partial charge >= 0.3 is 0 Å². The van der Waals surface area contributed by atoms with E-state index >= 15 is 0 Å². The Bertz CT molecular complexity index is 601. The fraction of sp³-hybridized carbons (Fsp3) is 0.526. The highest BCUT2D eigenvalue weighted by Gasteiger charge is 2.08. The van der Waals surface area contributed by atoms with Crippen LogP contribution in [0.4, 0.5) is 0 Å².